The molecule has 4 rings (SSSR count). The Morgan fingerprint density at radius 3 is 2.44 bits per heavy atom. The number of piperidine rings is 1. The summed E-state index contributed by atoms with van der Waals surface area (Å²) in [6.45, 7) is 2.13. The first-order valence-electron chi connectivity index (χ1n) is 13.1. The van der Waals surface area contributed by atoms with Crippen LogP contribution in [0.5, 0.6) is 5.75 Å². The molecule has 0 amide bonds. The Hall–Kier alpha value is -2.53. The second-order valence-corrected chi connectivity index (χ2v) is 11.5. The fourth-order valence-electron chi connectivity index (χ4n) is 5.28. The number of rotatable bonds is 11. The van der Waals surface area contributed by atoms with Crippen LogP contribution in [0.2, 0.25) is 0 Å². The number of aromatic nitrogens is 1. The van der Waals surface area contributed by atoms with Gasteiger partial charge in [0.05, 0.1) is 35.5 Å². The number of thioether (sulfide) groups is 1. The number of hydrogen-bond donors (Lipinski definition) is 2. The molecule has 0 spiro atoms. The SMILES string of the molecule is COc1ccc2ncc(N(C)C)c([C@@H](O)CCC3(CO)CCN(CCSc4c(F)cc(F)cc4F)CC3)c2c1. The highest BCUT2D eigenvalue weighted by Crippen LogP contribution is 2.41. The molecule has 1 aliphatic heterocycles. The van der Waals surface area contributed by atoms with Crippen LogP contribution in [0.15, 0.2) is 41.4 Å². The molecule has 0 saturated carbocycles. The number of anilines is 1. The topological polar surface area (TPSA) is 69.1 Å². The Balaban J connectivity index is 1.38. The number of aliphatic hydroxyl groups is 2. The van der Waals surface area contributed by atoms with Gasteiger partial charge < -0.3 is 24.7 Å². The average molecular weight is 564 g/mol. The number of methoxy groups -OCH3 is 1. The molecule has 1 fully saturated rings. The standard InChI is InChI=1S/C29H36F3N3O3S/c1-34(2)25-17-33-24-5-4-20(38-3)16-21(24)27(25)26(37)6-7-29(18-36)8-10-35(11-9-29)12-13-39-28-22(31)14-19(30)15-23(28)32/h4-5,14-17,26,36-37H,6-13,18H2,1-3H3/t26-/m0/s1. The summed E-state index contributed by atoms with van der Waals surface area (Å²) in [5.74, 6) is -1.53. The van der Waals surface area contributed by atoms with Crippen LogP contribution < -0.4 is 9.64 Å². The zero-order valence-electron chi connectivity index (χ0n) is 22.6. The summed E-state index contributed by atoms with van der Waals surface area (Å²) in [5.41, 5.74) is 2.10. The lowest BCUT2D eigenvalue weighted by atomic mass is 9.74. The second kappa shape index (κ2) is 12.8. The number of likely N-dealkylation sites (tertiary alicyclic amines) is 1. The lowest BCUT2D eigenvalue weighted by Gasteiger charge is -2.41. The minimum Gasteiger partial charge on any atom is -0.497 e. The van der Waals surface area contributed by atoms with E-state index in [0.29, 0.717) is 43.0 Å². The highest BCUT2D eigenvalue weighted by Gasteiger charge is 2.35. The molecule has 0 unspecified atom stereocenters. The molecule has 2 N–H and O–H groups in total. The quantitative estimate of drug-likeness (QED) is 0.303. The Kier molecular flexibility index (Phi) is 9.64. The van der Waals surface area contributed by atoms with Gasteiger partial charge in [0.15, 0.2) is 0 Å². The summed E-state index contributed by atoms with van der Waals surface area (Å²) in [6.07, 6.45) is 3.67. The molecule has 10 heteroatoms. The van der Waals surface area contributed by atoms with Crippen LogP contribution in [0.1, 0.15) is 37.4 Å². The van der Waals surface area contributed by atoms with Crippen LogP contribution in [0.4, 0.5) is 18.9 Å². The van der Waals surface area contributed by atoms with Gasteiger partial charge in [-0.15, -0.1) is 11.8 Å². The molecule has 0 bridgehead atoms. The average Bonchev–Trinajstić information content (AvgIpc) is 2.92. The lowest BCUT2D eigenvalue weighted by Crippen LogP contribution is -2.43. The predicted octanol–water partition coefficient (Wildman–Crippen LogP) is 5.41. The summed E-state index contributed by atoms with van der Waals surface area (Å²) in [6, 6.07) is 7.02. The molecular formula is C29H36F3N3O3S. The Morgan fingerprint density at radius 1 is 1.13 bits per heavy atom. The third kappa shape index (κ3) is 6.80. The number of pyridine rings is 1. The van der Waals surface area contributed by atoms with Crippen LogP contribution in [0, 0.1) is 22.9 Å². The predicted molar refractivity (Wildman–Crippen MR) is 149 cm³/mol. The number of ether oxygens (including phenoxy) is 1. The fourth-order valence-corrected chi connectivity index (χ4v) is 6.23. The number of halogens is 3. The second-order valence-electron chi connectivity index (χ2n) is 10.4. The highest BCUT2D eigenvalue weighted by molar-refractivity contribution is 7.99. The van der Waals surface area contributed by atoms with E-state index in [9.17, 15) is 23.4 Å². The zero-order valence-corrected chi connectivity index (χ0v) is 23.4. The van der Waals surface area contributed by atoms with Gasteiger partial charge in [0, 0.05) is 56.1 Å². The molecule has 212 valence electrons. The normalized spacial score (nSPS) is 16.4. The van der Waals surface area contributed by atoms with Crippen molar-refractivity contribution in [1.29, 1.82) is 0 Å². The van der Waals surface area contributed by atoms with Crippen molar-refractivity contribution in [2.45, 2.75) is 36.7 Å². The first-order valence-corrected chi connectivity index (χ1v) is 14.1. The van der Waals surface area contributed by atoms with E-state index in [1.54, 1.807) is 13.3 Å². The summed E-state index contributed by atoms with van der Waals surface area (Å²) < 4.78 is 46.4. The number of fused-ring (bicyclic) bond motifs is 1. The van der Waals surface area contributed by atoms with Crippen molar-refractivity contribution in [1.82, 2.24) is 9.88 Å². The molecule has 6 nitrogen and oxygen atoms in total. The minimum absolute atomic E-state index is 0.0275. The van der Waals surface area contributed by atoms with Gasteiger partial charge in [-0.05, 0) is 62.4 Å². The minimum atomic E-state index is -0.925. The maximum atomic E-state index is 13.9. The number of nitrogens with zero attached hydrogens (tertiary/aromatic N) is 3. The molecule has 1 atom stereocenters. The summed E-state index contributed by atoms with van der Waals surface area (Å²) in [7, 11) is 5.44. The molecule has 1 saturated heterocycles. The first kappa shape index (κ1) is 29.5. The van der Waals surface area contributed by atoms with Gasteiger partial charge in [-0.2, -0.15) is 0 Å². The van der Waals surface area contributed by atoms with Crippen LogP contribution in [0.3, 0.4) is 0 Å². The molecule has 39 heavy (non-hydrogen) atoms. The van der Waals surface area contributed by atoms with E-state index in [0.717, 1.165) is 59.8 Å². The Morgan fingerprint density at radius 2 is 1.82 bits per heavy atom. The van der Waals surface area contributed by atoms with Crippen molar-refractivity contribution >= 4 is 28.4 Å². The maximum absolute atomic E-state index is 13.9. The first-order chi connectivity index (χ1) is 18.7. The summed E-state index contributed by atoms with van der Waals surface area (Å²) in [5, 5.41) is 22.6. The van der Waals surface area contributed by atoms with Gasteiger partial charge in [0.25, 0.3) is 0 Å². The molecular weight excluding hydrogens is 527 g/mol. The largest absolute Gasteiger partial charge is 0.497 e. The van der Waals surface area contributed by atoms with Gasteiger partial charge in [0.2, 0.25) is 0 Å². The summed E-state index contributed by atoms with van der Waals surface area (Å²) in [4.78, 5) is 8.54. The monoisotopic (exact) mass is 563 g/mol. The van der Waals surface area contributed by atoms with Crippen LogP contribution in [-0.4, -0.2) is 73.3 Å². The number of aliphatic hydroxyl groups excluding tert-OH is 2. The molecule has 0 radical (unpaired) electrons. The van der Waals surface area contributed by atoms with Crippen molar-refractivity contribution in [2.75, 3.05) is 58.1 Å². The van der Waals surface area contributed by atoms with Gasteiger partial charge in [-0.25, -0.2) is 13.2 Å². The van der Waals surface area contributed by atoms with E-state index in [-0.39, 0.29) is 16.9 Å². The van der Waals surface area contributed by atoms with Crippen LogP contribution >= 0.6 is 11.8 Å². The Bertz CT molecular complexity index is 1260. The molecule has 1 aliphatic rings. The van der Waals surface area contributed by atoms with Gasteiger partial charge in [0.1, 0.15) is 23.2 Å². The van der Waals surface area contributed by atoms with E-state index >= 15 is 0 Å². The van der Waals surface area contributed by atoms with Crippen molar-refractivity contribution in [2.24, 2.45) is 5.41 Å². The van der Waals surface area contributed by atoms with Crippen molar-refractivity contribution in [3.63, 3.8) is 0 Å². The number of benzene rings is 2. The van der Waals surface area contributed by atoms with Crippen molar-refractivity contribution < 1.29 is 28.1 Å². The van der Waals surface area contributed by atoms with Gasteiger partial charge in [-0.1, -0.05) is 0 Å². The summed E-state index contributed by atoms with van der Waals surface area (Å²) >= 11 is 1.04. The van der Waals surface area contributed by atoms with Crippen LogP contribution in [-0.2, 0) is 0 Å². The van der Waals surface area contributed by atoms with E-state index < -0.39 is 23.6 Å². The molecule has 0 aliphatic carbocycles. The van der Waals surface area contributed by atoms with E-state index in [4.69, 9.17) is 4.74 Å². The van der Waals surface area contributed by atoms with Crippen molar-refractivity contribution in [3.05, 3.63) is 59.5 Å². The fraction of sp³-hybridized carbons (Fsp3) is 0.483. The highest BCUT2D eigenvalue weighted by atomic mass is 32.2. The zero-order chi connectivity index (χ0) is 28.2. The van der Waals surface area contributed by atoms with E-state index in [1.165, 1.54) is 0 Å². The Labute approximate surface area is 231 Å². The smallest absolute Gasteiger partial charge is 0.142 e. The van der Waals surface area contributed by atoms with Gasteiger partial charge in [-0.3, -0.25) is 4.98 Å². The van der Waals surface area contributed by atoms with Crippen molar-refractivity contribution in [3.8, 4) is 5.75 Å². The molecule has 1 aromatic heterocycles. The third-order valence-corrected chi connectivity index (χ3v) is 8.79. The van der Waals surface area contributed by atoms with Gasteiger partial charge >= 0.3 is 0 Å². The van der Waals surface area contributed by atoms with E-state index in [2.05, 4.69) is 9.88 Å². The maximum Gasteiger partial charge on any atom is 0.142 e. The lowest BCUT2D eigenvalue weighted by molar-refractivity contribution is 0.0255. The third-order valence-electron chi connectivity index (χ3n) is 7.73. The molecule has 2 aromatic carbocycles. The number of hydrogen-bond acceptors (Lipinski definition) is 7. The molecule has 2 heterocycles. The molecule has 3 aromatic rings. The van der Waals surface area contributed by atoms with E-state index in [1.807, 2.05) is 37.2 Å². The van der Waals surface area contributed by atoms with Crippen LogP contribution in [0.25, 0.3) is 10.9 Å².